The van der Waals surface area contributed by atoms with Crippen LogP contribution in [0, 0.1) is 0 Å². The van der Waals surface area contributed by atoms with Crippen LogP contribution in [-0.4, -0.2) is 58.5 Å². The molecule has 2 unspecified atom stereocenters. The third-order valence-corrected chi connectivity index (χ3v) is 6.68. The third kappa shape index (κ3) is 5.50. The number of ether oxygens (including phenoxy) is 1. The molecule has 2 aromatic carbocycles. The first-order valence-corrected chi connectivity index (χ1v) is 12.0. The van der Waals surface area contributed by atoms with Crippen molar-refractivity contribution in [2.24, 2.45) is 0 Å². The first kappa shape index (κ1) is 24.4. The number of benzene rings is 2. The van der Waals surface area contributed by atoms with Crippen LogP contribution in [0.5, 0.6) is 0 Å². The molecule has 0 fully saturated rings. The summed E-state index contributed by atoms with van der Waals surface area (Å²) in [7, 11) is 0. The van der Waals surface area contributed by atoms with E-state index in [4.69, 9.17) is 9.84 Å². The molecule has 10 heteroatoms. The van der Waals surface area contributed by atoms with Crippen molar-refractivity contribution in [3.05, 3.63) is 75.7 Å². The number of hydrogen-bond acceptors (Lipinski definition) is 7. The Morgan fingerprint density at radius 1 is 1.09 bits per heavy atom. The van der Waals surface area contributed by atoms with Crippen molar-refractivity contribution in [3.8, 4) is 11.1 Å². The summed E-state index contributed by atoms with van der Waals surface area (Å²) in [6, 6.07) is 14.8. The number of nitrogens with zero attached hydrogens (tertiary/aromatic N) is 1. The van der Waals surface area contributed by atoms with Gasteiger partial charge in [0, 0.05) is 24.3 Å². The Bertz CT molecular complexity index is 1200. The zero-order valence-corrected chi connectivity index (χ0v) is 19.7. The lowest BCUT2D eigenvalue weighted by Gasteiger charge is -2.16. The molecule has 2 amide bonds. The van der Waals surface area contributed by atoms with Gasteiger partial charge < -0.3 is 25.6 Å². The van der Waals surface area contributed by atoms with E-state index in [1.165, 1.54) is 23.6 Å². The van der Waals surface area contributed by atoms with Crippen molar-refractivity contribution in [3.63, 3.8) is 0 Å². The maximum atomic E-state index is 12.3. The van der Waals surface area contributed by atoms with Gasteiger partial charge in [-0.1, -0.05) is 48.5 Å². The summed E-state index contributed by atoms with van der Waals surface area (Å²) in [5, 5.41) is 25.6. The van der Waals surface area contributed by atoms with Gasteiger partial charge in [0.1, 0.15) is 12.3 Å². The van der Waals surface area contributed by atoms with Crippen LogP contribution in [0.15, 0.2) is 53.9 Å². The number of fused-ring (bicyclic) bond motifs is 3. The quantitative estimate of drug-likeness (QED) is 0.358. The van der Waals surface area contributed by atoms with Crippen LogP contribution >= 0.6 is 11.3 Å². The number of nitrogens with one attached hydrogen (secondary N) is 2. The molecule has 2 atom stereocenters. The molecule has 9 nitrogen and oxygen atoms in total. The summed E-state index contributed by atoms with van der Waals surface area (Å²) >= 11 is 1.22. The van der Waals surface area contributed by atoms with Crippen LogP contribution in [-0.2, 0) is 16.0 Å². The number of carboxylic acid groups (broad SMARTS) is 1. The highest BCUT2D eigenvalue weighted by molar-refractivity contribution is 7.09. The van der Waals surface area contributed by atoms with Gasteiger partial charge in [-0.3, -0.25) is 4.79 Å². The van der Waals surface area contributed by atoms with Crippen molar-refractivity contribution >= 4 is 29.3 Å². The summed E-state index contributed by atoms with van der Waals surface area (Å²) in [4.78, 5) is 39.8. The highest BCUT2D eigenvalue weighted by Crippen LogP contribution is 2.44. The Morgan fingerprint density at radius 2 is 1.71 bits per heavy atom. The second-order valence-corrected chi connectivity index (χ2v) is 9.10. The number of aliphatic hydroxyl groups is 1. The van der Waals surface area contributed by atoms with Crippen LogP contribution in [0.2, 0.25) is 0 Å². The fraction of sp³-hybridized carbons (Fsp3) is 0.280. The Morgan fingerprint density at radius 3 is 2.31 bits per heavy atom. The average Bonchev–Trinajstić information content (AvgIpc) is 3.44. The van der Waals surface area contributed by atoms with E-state index in [1.807, 2.05) is 24.3 Å². The van der Waals surface area contributed by atoms with E-state index < -0.39 is 30.1 Å². The predicted octanol–water partition coefficient (Wildman–Crippen LogP) is 2.79. The number of thiazole rings is 1. The van der Waals surface area contributed by atoms with Gasteiger partial charge in [-0.25, -0.2) is 14.6 Å². The predicted molar refractivity (Wildman–Crippen MR) is 129 cm³/mol. The Kier molecular flexibility index (Phi) is 7.42. The van der Waals surface area contributed by atoms with Crippen LogP contribution < -0.4 is 10.6 Å². The highest BCUT2D eigenvalue weighted by Gasteiger charge is 2.29. The number of aliphatic hydroxyl groups excluding tert-OH is 1. The van der Waals surface area contributed by atoms with Crippen LogP contribution in [0.1, 0.15) is 39.5 Å². The summed E-state index contributed by atoms with van der Waals surface area (Å²) in [5.74, 6) is -2.05. The van der Waals surface area contributed by atoms with Gasteiger partial charge in [0.05, 0.1) is 11.1 Å². The molecule has 182 valence electrons. The maximum Gasteiger partial charge on any atom is 0.407 e. The van der Waals surface area contributed by atoms with Gasteiger partial charge in [0.15, 0.2) is 6.04 Å². The van der Waals surface area contributed by atoms with E-state index in [0.717, 1.165) is 22.3 Å². The Balaban J connectivity index is 1.26. The zero-order valence-electron chi connectivity index (χ0n) is 18.9. The molecule has 4 rings (SSSR count). The van der Waals surface area contributed by atoms with Gasteiger partial charge in [-0.15, -0.1) is 11.3 Å². The molecule has 0 saturated heterocycles. The number of amides is 2. The highest BCUT2D eigenvalue weighted by atomic mass is 32.1. The molecular formula is C25H25N3O6S. The number of carbonyl (C=O) groups is 3. The molecule has 0 bridgehead atoms. The molecule has 0 radical (unpaired) electrons. The fourth-order valence-electron chi connectivity index (χ4n) is 4.05. The number of carboxylic acids is 1. The molecule has 3 aromatic rings. The monoisotopic (exact) mass is 495 g/mol. The molecule has 0 saturated carbocycles. The molecule has 1 aliphatic rings. The average molecular weight is 496 g/mol. The zero-order chi connectivity index (χ0) is 24.9. The fourth-order valence-corrected chi connectivity index (χ4v) is 4.83. The molecule has 1 heterocycles. The van der Waals surface area contributed by atoms with Crippen molar-refractivity contribution in [2.75, 3.05) is 13.2 Å². The van der Waals surface area contributed by atoms with E-state index in [2.05, 4.69) is 39.9 Å². The maximum absolute atomic E-state index is 12.3. The number of carbonyl (C=O) groups excluding carboxylic acids is 2. The van der Waals surface area contributed by atoms with Crippen molar-refractivity contribution in [1.29, 1.82) is 0 Å². The molecule has 1 aromatic heterocycles. The van der Waals surface area contributed by atoms with E-state index >= 15 is 0 Å². The minimum Gasteiger partial charge on any atom is -0.480 e. The summed E-state index contributed by atoms with van der Waals surface area (Å²) in [6.45, 7) is 1.76. The Hall–Kier alpha value is -3.76. The minimum absolute atomic E-state index is 0.0237. The van der Waals surface area contributed by atoms with E-state index in [1.54, 1.807) is 0 Å². The molecule has 0 spiro atoms. The van der Waals surface area contributed by atoms with Crippen LogP contribution in [0.25, 0.3) is 11.1 Å². The lowest BCUT2D eigenvalue weighted by molar-refractivity contribution is -0.141. The van der Waals surface area contributed by atoms with Crippen molar-refractivity contribution in [1.82, 2.24) is 15.6 Å². The minimum atomic E-state index is -1.43. The standard InChI is InChI=1S/C25H25N3O6S/c1-14(29)22(24(31)32)28-23(30)20-13-35-21(27-20)10-11-26-25(33)34-12-19-17-8-4-2-6-15(17)16-7-3-5-9-18(16)19/h2-9,13-14,19,22,29H,10-12H2,1H3,(H,26,33)(H,28,30)(H,31,32). The number of aromatic nitrogens is 1. The summed E-state index contributed by atoms with van der Waals surface area (Å²) in [6.07, 6.45) is -1.42. The second kappa shape index (κ2) is 10.7. The van der Waals surface area contributed by atoms with Gasteiger partial charge >= 0.3 is 12.1 Å². The van der Waals surface area contributed by atoms with Crippen molar-refractivity contribution < 1.29 is 29.3 Å². The lowest BCUT2D eigenvalue weighted by Crippen LogP contribution is -2.47. The largest absolute Gasteiger partial charge is 0.480 e. The smallest absolute Gasteiger partial charge is 0.407 e. The topological polar surface area (TPSA) is 138 Å². The van der Waals surface area contributed by atoms with Gasteiger partial charge in [-0.2, -0.15) is 0 Å². The molecule has 0 aliphatic heterocycles. The summed E-state index contributed by atoms with van der Waals surface area (Å²) in [5.41, 5.74) is 4.64. The molecule has 1 aliphatic carbocycles. The number of rotatable bonds is 9. The van der Waals surface area contributed by atoms with E-state index in [0.29, 0.717) is 11.4 Å². The summed E-state index contributed by atoms with van der Waals surface area (Å²) < 4.78 is 5.50. The first-order chi connectivity index (χ1) is 16.8. The number of alkyl carbamates (subject to hydrolysis) is 1. The molecule has 4 N–H and O–H groups in total. The van der Waals surface area contributed by atoms with E-state index in [-0.39, 0.29) is 24.8 Å². The SMILES string of the molecule is CC(O)C(NC(=O)c1csc(CCNC(=O)OCC2c3ccccc3-c3ccccc32)n1)C(=O)O. The van der Waals surface area contributed by atoms with Gasteiger partial charge in [0.25, 0.3) is 5.91 Å². The third-order valence-electron chi connectivity index (χ3n) is 5.77. The van der Waals surface area contributed by atoms with E-state index in [9.17, 15) is 19.5 Å². The lowest BCUT2D eigenvalue weighted by atomic mass is 9.98. The van der Waals surface area contributed by atoms with Crippen LogP contribution in [0.3, 0.4) is 0 Å². The first-order valence-electron chi connectivity index (χ1n) is 11.1. The molecular weight excluding hydrogens is 470 g/mol. The normalized spacial score (nSPS) is 13.9. The number of aliphatic carboxylic acids is 1. The van der Waals surface area contributed by atoms with Crippen LogP contribution in [0.4, 0.5) is 4.79 Å². The van der Waals surface area contributed by atoms with Crippen molar-refractivity contribution in [2.45, 2.75) is 31.4 Å². The van der Waals surface area contributed by atoms with Gasteiger partial charge in [-0.05, 0) is 29.2 Å². The molecule has 35 heavy (non-hydrogen) atoms. The Labute approximate surface area is 205 Å². The van der Waals surface area contributed by atoms with Gasteiger partial charge in [0.2, 0.25) is 0 Å². The number of hydrogen-bond donors (Lipinski definition) is 4. The second-order valence-electron chi connectivity index (χ2n) is 8.16.